The molecule has 0 atom stereocenters. The van der Waals surface area contributed by atoms with Gasteiger partial charge in [0.05, 0.1) is 16.2 Å². The molecular weight excluding hydrogens is 310 g/mol. The van der Waals surface area contributed by atoms with Crippen molar-refractivity contribution in [2.75, 3.05) is 0 Å². The molecule has 0 aliphatic heterocycles. The summed E-state index contributed by atoms with van der Waals surface area (Å²) in [5.74, 6) is 0. The molecule has 0 amide bonds. The summed E-state index contributed by atoms with van der Waals surface area (Å²) in [7, 11) is 0. The molecule has 0 aliphatic carbocycles. The Bertz CT molecular complexity index is 845. The van der Waals surface area contributed by atoms with E-state index in [9.17, 15) is 10.1 Å². The number of pyridine rings is 1. The fraction of sp³-hybridized carbons (Fsp3) is 0.176. The van der Waals surface area contributed by atoms with E-state index in [0.717, 1.165) is 23.4 Å². The quantitative estimate of drug-likeness (QED) is 0.502. The van der Waals surface area contributed by atoms with E-state index < -0.39 is 0 Å². The van der Waals surface area contributed by atoms with Crippen LogP contribution in [0.4, 0.5) is 5.69 Å². The van der Waals surface area contributed by atoms with Gasteiger partial charge in [0.1, 0.15) is 5.01 Å². The second-order valence-corrected chi connectivity index (χ2v) is 5.95. The Morgan fingerprint density at radius 3 is 2.83 bits per heavy atom. The minimum absolute atomic E-state index is 0.0734. The highest BCUT2D eigenvalue weighted by molar-refractivity contribution is 7.13. The number of thiazole rings is 1. The predicted molar refractivity (Wildman–Crippen MR) is 91.4 cm³/mol. The van der Waals surface area contributed by atoms with Gasteiger partial charge in [-0.05, 0) is 24.1 Å². The highest BCUT2D eigenvalue weighted by atomic mass is 32.1. The van der Waals surface area contributed by atoms with E-state index in [1.165, 1.54) is 23.0 Å². The third-order valence-corrected chi connectivity index (χ3v) is 4.42. The van der Waals surface area contributed by atoms with E-state index in [0.29, 0.717) is 11.3 Å². The maximum absolute atomic E-state index is 11.2. The Hall–Kier alpha value is -2.60. The molecule has 116 valence electrons. The first-order valence-electron chi connectivity index (χ1n) is 7.33. The van der Waals surface area contributed by atoms with Crippen molar-refractivity contribution >= 4 is 17.0 Å². The topological polar surface area (TPSA) is 68.9 Å². The van der Waals surface area contributed by atoms with Crippen molar-refractivity contribution in [1.29, 1.82) is 0 Å². The number of rotatable bonds is 5. The van der Waals surface area contributed by atoms with Crippen LogP contribution in [0.15, 0.2) is 48.1 Å². The molecular formula is C17H15N3O2S. The van der Waals surface area contributed by atoms with Crippen molar-refractivity contribution in [2.24, 2.45) is 0 Å². The highest BCUT2D eigenvalue weighted by Gasteiger charge is 2.17. The molecule has 0 N–H and O–H groups in total. The van der Waals surface area contributed by atoms with Crippen LogP contribution in [0.2, 0.25) is 0 Å². The number of hydrogen-bond acceptors (Lipinski definition) is 5. The number of nitrogens with zero attached hydrogens (tertiary/aromatic N) is 3. The third-order valence-electron chi connectivity index (χ3n) is 3.54. The highest BCUT2D eigenvalue weighted by Crippen LogP contribution is 2.34. The molecule has 0 radical (unpaired) electrons. The van der Waals surface area contributed by atoms with Crippen molar-refractivity contribution in [3.05, 3.63) is 63.8 Å². The Morgan fingerprint density at radius 2 is 2.04 bits per heavy atom. The van der Waals surface area contributed by atoms with Gasteiger partial charge in [0.25, 0.3) is 5.69 Å². The van der Waals surface area contributed by atoms with E-state index >= 15 is 0 Å². The van der Waals surface area contributed by atoms with Crippen LogP contribution >= 0.6 is 11.3 Å². The summed E-state index contributed by atoms with van der Waals surface area (Å²) in [6.45, 7) is 2.13. The van der Waals surface area contributed by atoms with Crippen LogP contribution < -0.4 is 0 Å². The summed E-state index contributed by atoms with van der Waals surface area (Å²) in [5, 5.41) is 13.9. The Labute approximate surface area is 137 Å². The largest absolute Gasteiger partial charge is 0.278 e. The number of hydrogen-bond donors (Lipinski definition) is 0. The van der Waals surface area contributed by atoms with E-state index in [2.05, 4.69) is 16.9 Å². The normalized spacial score (nSPS) is 10.7. The van der Waals surface area contributed by atoms with Gasteiger partial charge in [-0.2, -0.15) is 0 Å². The minimum atomic E-state index is -0.374. The summed E-state index contributed by atoms with van der Waals surface area (Å²) in [5.41, 5.74) is 3.45. The number of benzene rings is 1. The SMILES string of the molecule is CCCc1ccncc1-c1nc(-c2ccccc2[N+](=O)[O-])cs1. The molecule has 2 aromatic heterocycles. The smallest absolute Gasteiger partial charge is 0.264 e. The first-order chi connectivity index (χ1) is 11.2. The van der Waals surface area contributed by atoms with Gasteiger partial charge < -0.3 is 0 Å². The first kappa shape index (κ1) is 15.3. The van der Waals surface area contributed by atoms with Crippen molar-refractivity contribution in [1.82, 2.24) is 9.97 Å². The average molecular weight is 325 g/mol. The Balaban J connectivity index is 2.04. The van der Waals surface area contributed by atoms with Crippen molar-refractivity contribution < 1.29 is 4.92 Å². The van der Waals surface area contributed by atoms with E-state index in [1.54, 1.807) is 24.4 Å². The number of nitro benzene ring substituents is 1. The van der Waals surface area contributed by atoms with Gasteiger partial charge in [0, 0.05) is 29.4 Å². The fourth-order valence-electron chi connectivity index (χ4n) is 2.47. The lowest BCUT2D eigenvalue weighted by Gasteiger charge is -2.04. The molecule has 3 rings (SSSR count). The van der Waals surface area contributed by atoms with Gasteiger partial charge in [-0.3, -0.25) is 15.1 Å². The maximum atomic E-state index is 11.2. The monoisotopic (exact) mass is 325 g/mol. The van der Waals surface area contributed by atoms with E-state index in [-0.39, 0.29) is 10.6 Å². The summed E-state index contributed by atoms with van der Waals surface area (Å²) in [6, 6.07) is 8.68. The summed E-state index contributed by atoms with van der Waals surface area (Å²) >= 11 is 1.48. The van der Waals surface area contributed by atoms with Crippen LogP contribution in [0.5, 0.6) is 0 Å². The van der Waals surface area contributed by atoms with Crippen LogP contribution in [0.25, 0.3) is 21.8 Å². The fourth-order valence-corrected chi connectivity index (χ4v) is 3.34. The average Bonchev–Trinajstić information content (AvgIpc) is 3.05. The molecule has 0 saturated heterocycles. The molecule has 1 aromatic carbocycles. The molecule has 0 unspecified atom stereocenters. The number of para-hydroxylation sites is 1. The lowest BCUT2D eigenvalue weighted by Crippen LogP contribution is -1.92. The van der Waals surface area contributed by atoms with Crippen LogP contribution in [-0.4, -0.2) is 14.9 Å². The van der Waals surface area contributed by atoms with E-state index in [4.69, 9.17) is 0 Å². The third kappa shape index (κ3) is 3.12. The van der Waals surface area contributed by atoms with Gasteiger partial charge >= 0.3 is 0 Å². The molecule has 0 saturated carbocycles. The lowest BCUT2D eigenvalue weighted by atomic mass is 10.1. The summed E-state index contributed by atoms with van der Waals surface area (Å²) in [4.78, 5) is 19.6. The minimum Gasteiger partial charge on any atom is -0.264 e. The lowest BCUT2D eigenvalue weighted by molar-refractivity contribution is -0.384. The van der Waals surface area contributed by atoms with Crippen LogP contribution in [0.1, 0.15) is 18.9 Å². The van der Waals surface area contributed by atoms with Crippen LogP contribution in [-0.2, 0) is 6.42 Å². The number of aromatic nitrogens is 2. The zero-order valence-corrected chi connectivity index (χ0v) is 13.4. The van der Waals surface area contributed by atoms with Gasteiger partial charge in [0.2, 0.25) is 0 Å². The summed E-state index contributed by atoms with van der Waals surface area (Å²) in [6.07, 6.45) is 5.59. The second-order valence-electron chi connectivity index (χ2n) is 5.09. The van der Waals surface area contributed by atoms with Crippen LogP contribution in [0.3, 0.4) is 0 Å². The van der Waals surface area contributed by atoms with Crippen molar-refractivity contribution in [2.45, 2.75) is 19.8 Å². The maximum Gasteiger partial charge on any atom is 0.278 e. The predicted octanol–water partition coefficient (Wildman–Crippen LogP) is 4.73. The van der Waals surface area contributed by atoms with Crippen molar-refractivity contribution in [3.8, 4) is 21.8 Å². The Kier molecular flexibility index (Phi) is 4.43. The molecule has 0 fully saturated rings. The standard InChI is InChI=1S/C17H15N3O2S/c1-2-5-12-8-9-18-10-14(12)17-19-15(11-23-17)13-6-3-4-7-16(13)20(21)22/h3-4,6-11H,2,5H2,1H3. The van der Waals surface area contributed by atoms with Gasteiger partial charge in [0.15, 0.2) is 0 Å². The molecule has 23 heavy (non-hydrogen) atoms. The molecule has 0 bridgehead atoms. The molecule has 5 nitrogen and oxygen atoms in total. The first-order valence-corrected chi connectivity index (χ1v) is 8.21. The molecule has 0 spiro atoms. The summed E-state index contributed by atoms with van der Waals surface area (Å²) < 4.78 is 0. The molecule has 2 heterocycles. The number of aryl methyl sites for hydroxylation is 1. The molecule has 3 aromatic rings. The van der Waals surface area contributed by atoms with Gasteiger partial charge in [-0.15, -0.1) is 11.3 Å². The van der Waals surface area contributed by atoms with Gasteiger partial charge in [-0.25, -0.2) is 4.98 Å². The molecule has 6 heteroatoms. The van der Waals surface area contributed by atoms with Crippen molar-refractivity contribution in [3.63, 3.8) is 0 Å². The molecule has 0 aliphatic rings. The van der Waals surface area contributed by atoms with E-state index in [1.807, 2.05) is 17.6 Å². The zero-order valence-electron chi connectivity index (χ0n) is 12.6. The Morgan fingerprint density at radius 1 is 1.22 bits per heavy atom. The number of nitro groups is 1. The van der Waals surface area contributed by atoms with Crippen LogP contribution in [0, 0.1) is 10.1 Å². The van der Waals surface area contributed by atoms with Gasteiger partial charge in [-0.1, -0.05) is 25.5 Å². The second kappa shape index (κ2) is 6.66. The zero-order chi connectivity index (χ0) is 16.2.